The smallest absolute Gasteiger partial charge is 0.406 e. The van der Waals surface area contributed by atoms with Crippen LogP contribution in [0.25, 0.3) is 0 Å². The van der Waals surface area contributed by atoms with Gasteiger partial charge in [0.15, 0.2) is 0 Å². The van der Waals surface area contributed by atoms with Gasteiger partial charge in [-0.1, -0.05) is 12.1 Å². The van der Waals surface area contributed by atoms with E-state index in [0.29, 0.717) is 5.56 Å². The summed E-state index contributed by atoms with van der Waals surface area (Å²) in [6.07, 6.45) is -5.37. The van der Waals surface area contributed by atoms with Gasteiger partial charge in [0, 0.05) is 0 Å². The Balaban J connectivity index is 2.74. The number of benzene rings is 1. The van der Waals surface area contributed by atoms with Crippen LogP contribution in [0.4, 0.5) is 13.2 Å². The lowest BCUT2D eigenvalue weighted by atomic mass is 10.1. The molecule has 2 nitrogen and oxygen atoms in total. The summed E-state index contributed by atoms with van der Waals surface area (Å²) in [6, 6.07) is 5.09. The van der Waals surface area contributed by atoms with Crippen molar-refractivity contribution in [3.63, 3.8) is 0 Å². The SMILES string of the molecule is C[C@@H](O)c1ccc(OC(F)(F)F)cc1. The van der Waals surface area contributed by atoms with Gasteiger partial charge in [-0.2, -0.15) is 0 Å². The van der Waals surface area contributed by atoms with Crippen molar-refractivity contribution in [1.29, 1.82) is 0 Å². The number of aliphatic hydroxyl groups excluding tert-OH is 1. The molecule has 78 valence electrons. The van der Waals surface area contributed by atoms with Gasteiger partial charge in [-0.15, -0.1) is 13.2 Å². The first-order valence-electron chi connectivity index (χ1n) is 3.92. The minimum Gasteiger partial charge on any atom is -0.406 e. The Hall–Kier alpha value is -1.23. The Morgan fingerprint density at radius 3 is 2.07 bits per heavy atom. The van der Waals surface area contributed by atoms with Crippen LogP contribution < -0.4 is 4.74 Å². The zero-order valence-corrected chi connectivity index (χ0v) is 7.38. The van der Waals surface area contributed by atoms with E-state index in [9.17, 15) is 13.2 Å². The second-order valence-corrected chi connectivity index (χ2v) is 2.79. The molecule has 0 unspecified atom stereocenters. The highest BCUT2D eigenvalue weighted by molar-refractivity contribution is 5.28. The third kappa shape index (κ3) is 3.26. The van der Waals surface area contributed by atoms with Crippen LogP contribution in [0.15, 0.2) is 24.3 Å². The molecule has 0 aliphatic heterocycles. The summed E-state index contributed by atoms with van der Waals surface area (Å²) in [5, 5.41) is 9.08. The normalized spacial score (nSPS) is 13.8. The molecule has 0 spiro atoms. The van der Waals surface area contributed by atoms with Crippen molar-refractivity contribution in [2.45, 2.75) is 19.4 Å². The van der Waals surface area contributed by atoms with E-state index >= 15 is 0 Å². The molecule has 0 fully saturated rings. The van der Waals surface area contributed by atoms with Gasteiger partial charge in [0.25, 0.3) is 0 Å². The fourth-order valence-corrected chi connectivity index (χ4v) is 0.948. The summed E-state index contributed by atoms with van der Waals surface area (Å²) in [5.41, 5.74) is 0.541. The summed E-state index contributed by atoms with van der Waals surface area (Å²) in [5.74, 6) is -0.290. The maximum absolute atomic E-state index is 11.7. The average Bonchev–Trinajstić information content (AvgIpc) is 2.02. The number of halogens is 3. The molecule has 1 aromatic rings. The molecule has 0 radical (unpaired) electrons. The molecule has 0 heterocycles. The van der Waals surface area contributed by atoms with Crippen molar-refractivity contribution in [2.24, 2.45) is 0 Å². The fraction of sp³-hybridized carbons (Fsp3) is 0.333. The minimum atomic E-state index is -4.67. The number of ether oxygens (including phenoxy) is 1. The minimum absolute atomic E-state index is 0.290. The Labute approximate surface area is 78.9 Å². The van der Waals surface area contributed by atoms with Gasteiger partial charge >= 0.3 is 6.36 Å². The van der Waals surface area contributed by atoms with Gasteiger partial charge in [0.05, 0.1) is 6.10 Å². The van der Waals surface area contributed by atoms with Crippen molar-refractivity contribution < 1.29 is 23.0 Å². The van der Waals surface area contributed by atoms with Crippen molar-refractivity contribution in [2.75, 3.05) is 0 Å². The molecule has 5 heteroatoms. The zero-order valence-electron chi connectivity index (χ0n) is 7.38. The van der Waals surface area contributed by atoms with Crippen molar-refractivity contribution in [3.05, 3.63) is 29.8 Å². The van der Waals surface area contributed by atoms with E-state index in [0.717, 1.165) is 12.1 Å². The Morgan fingerprint density at radius 1 is 1.21 bits per heavy atom. The van der Waals surface area contributed by atoms with Crippen LogP contribution in [0.1, 0.15) is 18.6 Å². The van der Waals surface area contributed by atoms with Crippen LogP contribution in [0.2, 0.25) is 0 Å². The van der Waals surface area contributed by atoms with E-state index < -0.39 is 12.5 Å². The van der Waals surface area contributed by atoms with Crippen LogP contribution in [0, 0.1) is 0 Å². The highest BCUT2D eigenvalue weighted by Gasteiger charge is 2.30. The summed E-state index contributed by atoms with van der Waals surface area (Å²) in [4.78, 5) is 0. The first kappa shape index (κ1) is 10.8. The second-order valence-electron chi connectivity index (χ2n) is 2.79. The van der Waals surface area contributed by atoms with Crippen molar-refractivity contribution in [3.8, 4) is 5.75 Å². The lowest BCUT2D eigenvalue weighted by Crippen LogP contribution is -2.17. The largest absolute Gasteiger partial charge is 0.573 e. The number of aliphatic hydroxyl groups is 1. The van der Waals surface area contributed by atoms with Crippen LogP contribution in [0.5, 0.6) is 5.75 Å². The fourth-order valence-electron chi connectivity index (χ4n) is 0.948. The molecule has 1 aromatic carbocycles. The molecular formula is C9H9F3O2. The Kier molecular flexibility index (Phi) is 3.00. The molecule has 1 rings (SSSR count). The van der Waals surface area contributed by atoms with Crippen molar-refractivity contribution in [1.82, 2.24) is 0 Å². The number of hydrogen-bond donors (Lipinski definition) is 1. The number of alkyl halides is 3. The lowest BCUT2D eigenvalue weighted by molar-refractivity contribution is -0.274. The maximum atomic E-state index is 11.7. The highest BCUT2D eigenvalue weighted by atomic mass is 19.4. The van der Waals surface area contributed by atoms with Gasteiger partial charge < -0.3 is 9.84 Å². The molecule has 0 amide bonds. The van der Waals surface area contributed by atoms with E-state index in [-0.39, 0.29) is 5.75 Å². The van der Waals surface area contributed by atoms with Crippen LogP contribution in [0.3, 0.4) is 0 Å². The first-order valence-corrected chi connectivity index (χ1v) is 3.92. The molecule has 1 N–H and O–H groups in total. The first-order chi connectivity index (χ1) is 6.38. The summed E-state index contributed by atoms with van der Waals surface area (Å²) >= 11 is 0. The highest BCUT2D eigenvalue weighted by Crippen LogP contribution is 2.24. The van der Waals surface area contributed by atoms with Gasteiger partial charge in [-0.05, 0) is 24.6 Å². The molecule has 0 aromatic heterocycles. The molecule has 0 bridgehead atoms. The van der Waals surface area contributed by atoms with Gasteiger partial charge in [0.1, 0.15) is 5.75 Å². The summed E-state index contributed by atoms with van der Waals surface area (Å²) in [6.45, 7) is 1.53. The van der Waals surface area contributed by atoms with Crippen LogP contribution in [-0.4, -0.2) is 11.5 Å². The quantitative estimate of drug-likeness (QED) is 0.805. The van der Waals surface area contributed by atoms with Crippen LogP contribution >= 0.6 is 0 Å². The van der Waals surface area contributed by atoms with Crippen LogP contribution in [-0.2, 0) is 0 Å². The van der Waals surface area contributed by atoms with E-state index in [2.05, 4.69) is 4.74 Å². The molecular weight excluding hydrogens is 197 g/mol. The Bertz CT molecular complexity index is 290. The summed E-state index contributed by atoms with van der Waals surface area (Å²) in [7, 11) is 0. The third-order valence-corrected chi connectivity index (χ3v) is 1.60. The van der Waals surface area contributed by atoms with E-state index in [1.165, 1.54) is 19.1 Å². The average molecular weight is 206 g/mol. The number of hydrogen-bond acceptors (Lipinski definition) is 2. The van der Waals surface area contributed by atoms with E-state index in [1.54, 1.807) is 0 Å². The molecule has 1 atom stereocenters. The predicted octanol–water partition coefficient (Wildman–Crippen LogP) is 2.64. The number of rotatable bonds is 2. The molecule has 14 heavy (non-hydrogen) atoms. The topological polar surface area (TPSA) is 29.5 Å². The van der Waals surface area contributed by atoms with Gasteiger partial charge in [-0.25, -0.2) is 0 Å². The predicted molar refractivity (Wildman–Crippen MR) is 43.8 cm³/mol. The standard InChI is InChI=1S/C9H9F3O2/c1-6(13)7-2-4-8(5-3-7)14-9(10,11)12/h2-6,13H,1H3/t6-/m1/s1. The molecule has 0 aliphatic rings. The summed E-state index contributed by atoms with van der Waals surface area (Å²) < 4.78 is 38.8. The van der Waals surface area contributed by atoms with E-state index in [1.807, 2.05) is 0 Å². The molecule has 0 aliphatic carbocycles. The molecule has 0 saturated heterocycles. The van der Waals surface area contributed by atoms with Gasteiger partial charge in [-0.3, -0.25) is 0 Å². The Morgan fingerprint density at radius 2 is 1.71 bits per heavy atom. The lowest BCUT2D eigenvalue weighted by Gasteiger charge is -2.09. The van der Waals surface area contributed by atoms with Gasteiger partial charge in [0.2, 0.25) is 0 Å². The van der Waals surface area contributed by atoms with E-state index in [4.69, 9.17) is 5.11 Å². The van der Waals surface area contributed by atoms with Crippen molar-refractivity contribution >= 4 is 0 Å². The third-order valence-electron chi connectivity index (χ3n) is 1.60. The molecule has 0 saturated carbocycles. The maximum Gasteiger partial charge on any atom is 0.573 e. The second kappa shape index (κ2) is 3.88. The zero-order chi connectivity index (χ0) is 10.8. The monoisotopic (exact) mass is 206 g/mol.